The molecule has 1 unspecified atom stereocenters. The van der Waals surface area contributed by atoms with Crippen LogP contribution < -0.4 is 5.32 Å². The van der Waals surface area contributed by atoms with E-state index in [1.54, 1.807) is 0 Å². The van der Waals surface area contributed by atoms with Crippen molar-refractivity contribution in [2.24, 2.45) is 0 Å². The molecule has 0 heterocycles. The van der Waals surface area contributed by atoms with E-state index in [0.29, 0.717) is 0 Å². The summed E-state index contributed by atoms with van der Waals surface area (Å²) in [5, 5.41) is 3.07. The lowest BCUT2D eigenvalue weighted by atomic mass is 10.0. The highest BCUT2D eigenvalue weighted by molar-refractivity contribution is 5.95. The van der Waals surface area contributed by atoms with Gasteiger partial charge in [-0.25, -0.2) is 0 Å². The number of hydrogen-bond donors (Lipinski definition) is 1. The van der Waals surface area contributed by atoms with Gasteiger partial charge in [-0.15, -0.1) is 0 Å². The van der Waals surface area contributed by atoms with E-state index in [1.807, 2.05) is 51.1 Å². The largest absolute Gasteiger partial charge is 0.346 e. The Bertz CT molecular complexity index is 631. The Morgan fingerprint density at radius 1 is 1.00 bits per heavy atom. The molecule has 0 saturated carbocycles. The summed E-state index contributed by atoms with van der Waals surface area (Å²) in [5.74, 6) is -0.0155. The van der Waals surface area contributed by atoms with E-state index in [-0.39, 0.29) is 11.9 Å². The Labute approximate surface area is 120 Å². The fourth-order valence-electron chi connectivity index (χ4n) is 2.49. The first-order valence-corrected chi connectivity index (χ1v) is 6.92. The van der Waals surface area contributed by atoms with Crippen molar-refractivity contribution in [3.63, 3.8) is 0 Å². The molecule has 0 radical (unpaired) electrons. The molecule has 0 bridgehead atoms. The molecule has 1 N–H and O–H groups in total. The molecule has 2 rings (SSSR count). The summed E-state index contributed by atoms with van der Waals surface area (Å²) in [6, 6.07) is 14.0. The third kappa shape index (κ3) is 3.08. The van der Waals surface area contributed by atoms with E-state index in [9.17, 15) is 4.79 Å². The van der Waals surface area contributed by atoms with Gasteiger partial charge in [-0.05, 0) is 50.5 Å². The van der Waals surface area contributed by atoms with Gasteiger partial charge < -0.3 is 5.32 Å². The van der Waals surface area contributed by atoms with Crippen molar-refractivity contribution in [1.82, 2.24) is 5.32 Å². The molecule has 0 aliphatic rings. The summed E-state index contributed by atoms with van der Waals surface area (Å²) < 4.78 is 0. The maximum absolute atomic E-state index is 12.4. The van der Waals surface area contributed by atoms with Gasteiger partial charge in [0.25, 0.3) is 5.91 Å². The molecule has 2 heteroatoms. The van der Waals surface area contributed by atoms with Crippen molar-refractivity contribution < 1.29 is 4.79 Å². The monoisotopic (exact) mass is 267 g/mol. The van der Waals surface area contributed by atoms with Gasteiger partial charge >= 0.3 is 0 Å². The van der Waals surface area contributed by atoms with Crippen molar-refractivity contribution in [3.8, 4) is 0 Å². The van der Waals surface area contributed by atoms with Crippen LogP contribution in [-0.4, -0.2) is 5.91 Å². The van der Waals surface area contributed by atoms with Gasteiger partial charge in [-0.3, -0.25) is 4.79 Å². The van der Waals surface area contributed by atoms with Gasteiger partial charge in [0, 0.05) is 5.56 Å². The molecule has 0 spiro atoms. The first-order chi connectivity index (χ1) is 9.49. The van der Waals surface area contributed by atoms with Crippen molar-refractivity contribution in [3.05, 3.63) is 70.3 Å². The Balaban J connectivity index is 2.17. The molecule has 1 amide bonds. The average molecular weight is 267 g/mol. The maximum atomic E-state index is 12.4. The van der Waals surface area contributed by atoms with E-state index < -0.39 is 0 Å². The van der Waals surface area contributed by atoms with E-state index in [1.165, 1.54) is 11.1 Å². The zero-order chi connectivity index (χ0) is 14.7. The van der Waals surface area contributed by atoms with Crippen molar-refractivity contribution in [1.29, 1.82) is 0 Å². The zero-order valence-corrected chi connectivity index (χ0v) is 12.5. The quantitative estimate of drug-likeness (QED) is 0.891. The van der Waals surface area contributed by atoms with Crippen LogP contribution in [0.25, 0.3) is 0 Å². The number of benzene rings is 2. The Morgan fingerprint density at radius 3 is 2.35 bits per heavy atom. The molecule has 2 aromatic rings. The van der Waals surface area contributed by atoms with Gasteiger partial charge in [-0.1, -0.05) is 42.0 Å². The van der Waals surface area contributed by atoms with E-state index in [4.69, 9.17) is 0 Å². The van der Waals surface area contributed by atoms with E-state index >= 15 is 0 Å². The minimum atomic E-state index is -0.0155. The van der Waals surface area contributed by atoms with Crippen LogP contribution in [0, 0.1) is 20.8 Å². The molecular formula is C18H21NO. The predicted octanol–water partition coefficient (Wildman–Crippen LogP) is 4.10. The standard InChI is InChI=1S/C18H21NO/c1-12-9-10-17(14(3)11-12)18(20)19-15(4)16-8-6-5-7-13(16)2/h5-11,15H,1-4H3,(H,19,20). The normalized spacial score (nSPS) is 12.0. The Hall–Kier alpha value is -2.09. The van der Waals surface area contributed by atoms with Crippen LogP contribution in [0.3, 0.4) is 0 Å². The molecule has 0 saturated heterocycles. The van der Waals surface area contributed by atoms with Crippen LogP contribution in [0.4, 0.5) is 0 Å². The van der Waals surface area contributed by atoms with E-state index in [0.717, 1.165) is 16.7 Å². The summed E-state index contributed by atoms with van der Waals surface area (Å²) in [7, 11) is 0. The van der Waals surface area contributed by atoms with Crippen LogP contribution in [0.5, 0.6) is 0 Å². The van der Waals surface area contributed by atoms with Gasteiger partial charge in [-0.2, -0.15) is 0 Å². The fraction of sp³-hybridized carbons (Fsp3) is 0.278. The second-order valence-electron chi connectivity index (χ2n) is 5.37. The van der Waals surface area contributed by atoms with Crippen molar-refractivity contribution >= 4 is 5.91 Å². The SMILES string of the molecule is Cc1ccc(C(=O)NC(C)c2ccccc2C)c(C)c1. The number of carbonyl (C=O) groups is 1. The van der Waals surface area contributed by atoms with Gasteiger partial charge in [0.1, 0.15) is 0 Å². The lowest BCUT2D eigenvalue weighted by molar-refractivity contribution is 0.0939. The van der Waals surface area contributed by atoms with Gasteiger partial charge in [0.2, 0.25) is 0 Å². The number of nitrogens with one attached hydrogen (secondary N) is 1. The molecule has 0 aliphatic heterocycles. The maximum Gasteiger partial charge on any atom is 0.252 e. The molecule has 0 aromatic heterocycles. The van der Waals surface area contributed by atoms with E-state index in [2.05, 4.69) is 24.4 Å². The first kappa shape index (κ1) is 14.3. The van der Waals surface area contributed by atoms with Crippen LogP contribution in [0.2, 0.25) is 0 Å². The highest BCUT2D eigenvalue weighted by Gasteiger charge is 2.14. The minimum absolute atomic E-state index is 0.00408. The molecule has 2 aromatic carbocycles. The Morgan fingerprint density at radius 2 is 1.70 bits per heavy atom. The average Bonchev–Trinajstić information content (AvgIpc) is 2.38. The fourth-order valence-corrected chi connectivity index (χ4v) is 2.49. The highest BCUT2D eigenvalue weighted by atomic mass is 16.1. The Kier molecular flexibility index (Phi) is 4.23. The topological polar surface area (TPSA) is 29.1 Å². The summed E-state index contributed by atoms with van der Waals surface area (Å²) in [6.45, 7) is 8.09. The number of amides is 1. The van der Waals surface area contributed by atoms with Gasteiger partial charge in [0.15, 0.2) is 0 Å². The van der Waals surface area contributed by atoms with Crippen LogP contribution in [-0.2, 0) is 0 Å². The lowest BCUT2D eigenvalue weighted by Gasteiger charge is -2.17. The summed E-state index contributed by atoms with van der Waals surface area (Å²) in [4.78, 5) is 12.4. The number of aryl methyl sites for hydroxylation is 3. The smallest absolute Gasteiger partial charge is 0.252 e. The second-order valence-corrected chi connectivity index (χ2v) is 5.37. The third-order valence-corrected chi connectivity index (χ3v) is 3.63. The van der Waals surface area contributed by atoms with Crippen molar-refractivity contribution in [2.45, 2.75) is 33.7 Å². The predicted molar refractivity (Wildman–Crippen MR) is 83.0 cm³/mol. The van der Waals surface area contributed by atoms with Crippen LogP contribution in [0.15, 0.2) is 42.5 Å². The summed E-state index contributed by atoms with van der Waals surface area (Å²) in [5.41, 5.74) is 5.29. The summed E-state index contributed by atoms with van der Waals surface area (Å²) in [6.07, 6.45) is 0. The number of carbonyl (C=O) groups excluding carboxylic acids is 1. The first-order valence-electron chi connectivity index (χ1n) is 6.92. The number of hydrogen-bond acceptors (Lipinski definition) is 1. The zero-order valence-electron chi connectivity index (χ0n) is 12.5. The molecule has 0 aliphatic carbocycles. The highest BCUT2D eigenvalue weighted by Crippen LogP contribution is 2.18. The molecule has 20 heavy (non-hydrogen) atoms. The molecule has 104 valence electrons. The van der Waals surface area contributed by atoms with Crippen molar-refractivity contribution in [2.75, 3.05) is 0 Å². The van der Waals surface area contributed by atoms with Crippen LogP contribution >= 0.6 is 0 Å². The van der Waals surface area contributed by atoms with Crippen LogP contribution in [0.1, 0.15) is 45.6 Å². The molecule has 1 atom stereocenters. The second kappa shape index (κ2) is 5.91. The molecule has 2 nitrogen and oxygen atoms in total. The van der Waals surface area contributed by atoms with Gasteiger partial charge in [0.05, 0.1) is 6.04 Å². The lowest BCUT2D eigenvalue weighted by Crippen LogP contribution is -2.27. The molecular weight excluding hydrogens is 246 g/mol. The minimum Gasteiger partial charge on any atom is -0.346 e. The summed E-state index contributed by atoms with van der Waals surface area (Å²) >= 11 is 0. The third-order valence-electron chi connectivity index (χ3n) is 3.63. The number of rotatable bonds is 3. The molecule has 0 fully saturated rings.